The maximum Gasteiger partial charge on any atom is 0.256 e. The van der Waals surface area contributed by atoms with Crippen molar-refractivity contribution < 1.29 is 9.90 Å². The monoisotopic (exact) mass is 339 g/mol. The maximum absolute atomic E-state index is 12.6. The van der Waals surface area contributed by atoms with Gasteiger partial charge in [-0.25, -0.2) is 9.97 Å². The molecular formula is C20H25N3O2. The minimum absolute atomic E-state index is 0.0151. The van der Waals surface area contributed by atoms with Gasteiger partial charge >= 0.3 is 0 Å². The summed E-state index contributed by atoms with van der Waals surface area (Å²) in [6.45, 7) is 3.33. The first kappa shape index (κ1) is 17.5. The molecule has 1 aromatic carbocycles. The Morgan fingerprint density at radius 3 is 2.44 bits per heavy atom. The molecule has 25 heavy (non-hydrogen) atoms. The van der Waals surface area contributed by atoms with E-state index in [-0.39, 0.29) is 17.9 Å². The number of aromatic nitrogens is 2. The highest BCUT2D eigenvalue weighted by Gasteiger charge is 2.28. The molecule has 1 fully saturated rings. The van der Waals surface area contributed by atoms with Gasteiger partial charge in [0, 0.05) is 31.9 Å². The summed E-state index contributed by atoms with van der Waals surface area (Å²) in [6.07, 6.45) is 5.97. The topological polar surface area (TPSA) is 66.3 Å². The van der Waals surface area contributed by atoms with E-state index in [0.717, 1.165) is 30.7 Å². The number of amides is 1. The normalized spacial score (nSPS) is 16.6. The Bertz CT molecular complexity index is 680. The minimum atomic E-state index is -0.355. The van der Waals surface area contributed by atoms with E-state index in [4.69, 9.17) is 0 Å². The van der Waals surface area contributed by atoms with E-state index in [9.17, 15) is 9.90 Å². The molecule has 5 heteroatoms. The highest BCUT2D eigenvalue weighted by molar-refractivity contribution is 5.93. The van der Waals surface area contributed by atoms with Crippen LogP contribution in [-0.4, -0.2) is 45.1 Å². The van der Waals surface area contributed by atoms with Crippen molar-refractivity contribution in [1.29, 1.82) is 0 Å². The zero-order valence-corrected chi connectivity index (χ0v) is 14.6. The van der Waals surface area contributed by atoms with Gasteiger partial charge in [-0.3, -0.25) is 4.79 Å². The van der Waals surface area contributed by atoms with E-state index in [0.29, 0.717) is 25.1 Å². The van der Waals surface area contributed by atoms with Crippen LogP contribution in [-0.2, 0) is 12.8 Å². The van der Waals surface area contributed by atoms with E-state index in [1.165, 1.54) is 0 Å². The van der Waals surface area contributed by atoms with Crippen molar-refractivity contribution >= 4 is 5.91 Å². The number of likely N-dealkylation sites (tertiary alicyclic amines) is 1. The molecule has 1 unspecified atom stereocenters. The fourth-order valence-corrected chi connectivity index (χ4v) is 3.34. The molecule has 1 aromatic heterocycles. The Labute approximate surface area is 148 Å². The fourth-order valence-electron chi connectivity index (χ4n) is 3.34. The number of carbonyl (C=O) groups excluding carboxylic acids is 1. The SMILES string of the molecule is CCc1ncc(C(=O)N2CCC(C(O)Cc3ccccc3)CC2)cn1. The van der Waals surface area contributed by atoms with Gasteiger partial charge in [-0.1, -0.05) is 37.3 Å². The van der Waals surface area contributed by atoms with Gasteiger partial charge in [0.25, 0.3) is 5.91 Å². The number of aryl methyl sites for hydroxylation is 1. The predicted molar refractivity (Wildman–Crippen MR) is 96.2 cm³/mol. The van der Waals surface area contributed by atoms with E-state index in [1.807, 2.05) is 42.2 Å². The number of hydrogen-bond acceptors (Lipinski definition) is 4. The first-order chi connectivity index (χ1) is 12.2. The lowest BCUT2D eigenvalue weighted by atomic mass is 9.88. The van der Waals surface area contributed by atoms with Crippen molar-refractivity contribution in [2.75, 3.05) is 13.1 Å². The van der Waals surface area contributed by atoms with Gasteiger partial charge in [0.2, 0.25) is 0 Å². The smallest absolute Gasteiger partial charge is 0.256 e. The fraction of sp³-hybridized carbons (Fsp3) is 0.450. The zero-order valence-electron chi connectivity index (χ0n) is 14.6. The molecule has 1 amide bonds. The Kier molecular flexibility index (Phi) is 5.76. The van der Waals surface area contributed by atoms with Crippen LogP contribution in [0.5, 0.6) is 0 Å². The molecular weight excluding hydrogens is 314 g/mol. The summed E-state index contributed by atoms with van der Waals surface area (Å²) in [5.41, 5.74) is 1.70. The quantitative estimate of drug-likeness (QED) is 0.909. The van der Waals surface area contributed by atoms with Crippen LogP contribution >= 0.6 is 0 Å². The summed E-state index contributed by atoms with van der Waals surface area (Å²) < 4.78 is 0. The Balaban J connectivity index is 1.53. The molecule has 0 radical (unpaired) electrons. The van der Waals surface area contributed by atoms with Gasteiger partial charge in [0.05, 0.1) is 11.7 Å². The van der Waals surface area contributed by atoms with Crippen LogP contribution < -0.4 is 0 Å². The molecule has 1 atom stereocenters. The molecule has 0 saturated carbocycles. The van der Waals surface area contributed by atoms with Gasteiger partial charge in [-0.05, 0) is 30.7 Å². The average molecular weight is 339 g/mol. The number of carbonyl (C=O) groups is 1. The van der Waals surface area contributed by atoms with E-state index < -0.39 is 0 Å². The molecule has 0 spiro atoms. The predicted octanol–water partition coefficient (Wildman–Crippen LogP) is 2.49. The molecule has 1 aliphatic heterocycles. The average Bonchev–Trinajstić information content (AvgIpc) is 2.68. The van der Waals surface area contributed by atoms with Crippen LogP contribution in [0.1, 0.15) is 41.5 Å². The minimum Gasteiger partial charge on any atom is -0.392 e. The van der Waals surface area contributed by atoms with E-state index in [1.54, 1.807) is 12.4 Å². The third-order valence-corrected chi connectivity index (χ3v) is 4.93. The van der Waals surface area contributed by atoms with Crippen molar-refractivity contribution in [3.8, 4) is 0 Å². The second kappa shape index (κ2) is 8.21. The molecule has 0 aliphatic carbocycles. The first-order valence-corrected chi connectivity index (χ1v) is 8.99. The van der Waals surface area contributed by atoms with Crippen LogP contribution in [0.4, 0.5) is 0 Å². The standard InChI is InChI=1S/C20H25N3O2/c1-2-19-21-13-17(14-22-19)20(25)23-10-8-16(9-11-23)18(24)12-15-6-4-3-5-7-15/h3-7,13-14,16,18,24H,2,8-12H2,1H3. The first-order valence-electron chi connectivity index (χ1n) is 8.99. The van der Waals surface area contributed by atoms with Crippen molar-refractivity contribution in [3.63, 3.8) is 0 Å². The highest BCUT2D eigenvalue weighted by atomic mass is 16.3. The maximum atomic E-state index is 12.6. The van der Waals surface area contributed by atoms with E-state index >= 15 is 0 Å². The number of aliphatic hydroxyl groups excluding tert-OH is 1. The second-order valence-electron chi connectivity index (χ2n) is 6.63. The molecule has 3 rings (SSSR count). The second-order valence-corrected chi connectivity index (χ2v) is 6.63. The summed E-state index contributed by atoms with van der Waals surface area (Å²) in [6, 6.07) is 10.1. The molecule has 1 saturated heterocycles. The van der Waals surface area contributed by atoms with Crippen LogP contribution in [0.2, 0.25) is 0 Å². The highest BCUT2D eigenvalue weighted by Crippen LogP contribution is 2.24. The molecule has 132 valence electrons. The summed E-state index contributed by atoms with van der Waals surface area (Å²) in [7, 11) is 0. The number of benzene rings is 1. The van der Waals surface area contributed by atoms with Crippen LogP contribution in [0, 0.1) is 5.92 Å². The van der Waals surface area contributed by atoms with Gasteiger partial charge in [0.15, 0.2) is 0 Å². The molecule has 1 aliphatic rings. The number of piperidine rings is 1. The summed E-state index contributed by atoms with van der Waals surface area (Å²) >= 11 is 0. The number of aliphatic hydroxyl groups is 1. The molecule has 2 aromatic rings. The molecule has 0 bridgehead atoms. The molecule has 2 heterocycles. The van der Waals surface area contributed by atoms with Crippen molar-refractivity contribution in [3.05, 3.63) is 59.7 Å². The van der Waals surface area contributed by atoms with Gasteiger partial charge in [-0.15, -0.1) is 0 Å². The molecule has 1 N–H and O–H groups in total. The van der Waals surface area contributed by atoms with Crippen molar-refractivity contribution in [2.45, 2.75) is 38.7 Å². The third kappa shape index (κ3) is 4.42. The summed E-state index contributed by atoms with van der Waals surface area (Å²) in [5.74, 6) is 0.973. The van der Waals surface area contributed by atoms with Gasteiger partial charge in [0.1, 0.15) is 5.82 Å². The molecule has 5 nitrogen and oxygen atoms in total. The van der Waals surface area contributed by atoms with E-state index in [2.05, 4.69) is 9.97 Å². The van der Waals surface area contributed by atoms with Crippen LogP contribution in [0.25, 0.3) is 0 Å². The lowest BCUT2D eigenvalue weighted by Crippen LogP contribution is -2.41. The number of rotatable bonds is 5. The Morgan fingerprint density at radius 1 is 1.20 bits per heavy atom. The third-order valence-electron chi connectivity index (χ3n) is 4.93. The lowest BCUT2D eigenvalue weighted by Gasteiger charge is -2.34. The number of hydrogen-bond donors (Lipinski definition) is 1. The van der Waals surface area contributed by atoms with Crippen molar-refractivity contribution in [2.24, 2.45) is 5.92 Å². The lowest BCUT2D eigenvalue weighted by molar-refractivity contribution is 0.0467. The van der Waals surface area contributed by atoms with Crippen LogP contribution in [0.15, 0.2) is 42.7 Å². The zero-order chi connectivity index (χ0) is 17.6. The summed E-state index contributed by atoms with van der Waals surface area (Å²) in [4.78, 5) is 22.8. The van der Waals surface area contributed by atoms with Gasteiger partial charge in [-0.2, -0.15) is 0 Å². The Hall–Kier alpha value is -2.27. The largest absolute Gasteiger partial charge is 0.392 e. The summed E-state index contributed by atoms with van der Waals surface area (Å²) in [5, 5.41) is 10.5. The Morgan fingerprint density at radius 2 is 1.84 bits per heavy atom. The van der Waals surface area contributed by atoms with Crippen LogP contribution in [0.3, 0.4) is 0 Å². The van der Waals surface area contributed by atoms with Gasteiger partial charge < -0.3 is 10.0 Å². The number of nitrogens with zero attached hydrogens (tertiary/aromatic N) is 3. The van der Waals surface area contributed by atoms with Crippen molar-refractivity contribution in [1.82, 2.24) is 14.9 Å².